The summed E-state index contributed by atoms with van der Waals surface area (Å²) in [5.74, 6) is 0.650. The summed E-state index contributed by atoms with van der Waals surface area (Å²) in [6.07, 6.45) is 6.35. The molecule has 0 amide bonds. The molecule has 0 spiro atoms. The summed E-state index contributed by atoms with van der Waals surface area (Å²) in [5.41, 5.74) is 0.221. The van der Waals surface area contributed by atoms with E-state index in [2.05, 4.69) is 13.8 Å². The van der Waals surface area contributed by atoms with Crippen molar-refractivity contribution in [2.45, 2.75) is 128 Å². The Morgan fingerprint density at radius 2 is 1.83 bits per heavy atom. The molecule has 0 aromatic heterocycles. The van der Waals surface area contributed by atoms with Crippen molar-refractivity contribution in [1.29, 1.82) is 0 Å². The number of aliphatic hydroxyl groups excluding tert-OH is 1. The Labute approximate surface area is 243 Å². The minimum atomic E-state index is -0.926. The monoisotopic (exact) mass is 576 g/mol. The quantitative estimate of drug-likeness (QED) is 0.373. The molecule has 2 N–H and O–H groups in total. The average molecular weight is 577 g/mol. The molecular weight excluding hydrogens is 528 g/mol. The van der Waals surface area contributed by atoms with Gasteiger partial charge in [0, 0.05) is 25.5 Å². The van der Waals surface area contributed by atoms with Crippen LogP contribution in [0.1, 0.15) is 85.5 Å². The van der Waals surface area contributed by atoms with Crippen molar-refractivity contribution in [1.82, 2.24) is 0 Å². The zero-order chi connectivity index (χ0) is 29.3. The topological polar surface area (TPSA) is 121 Å². The zero-order valence-corrected chi connectivity index (χ0v) is 25.2. The number of aliphatic hydroxyl groups is 2. The van der Waals surface area contributed by atoms with Gasteiger partial charge in [-0.25, -0.2) is 4.79 Å². The Bertz CT molecular complexity index is 1080. The van der Waals surface area contributed by atoms with Crippen LogP contribution in [0, 0.1) is 34.5 Å². The van der Waals surface area contributed by atoms with E-state index < -0.39 is 42.3 Å². The lowest BCUT2D eigenvalue weighted by atomic mass is 9.43. The van der Waals surface area contributed by atoms with Gasteiger partial charge in [-0.2, -0.15) is 0 Å². The SMILES string of the molecule is CO[C@H]1[C@@H](O)[C@@H](C)O[C@@H](O[C@H]2CC[C@@]3(C)[C@H](CC[C@@H]4[C@@H]3CC[C@]3(C)[C@@H](C5=CC(=O)OC5)CC[C@]43O)C2)[C@@H]1OC(C)=O. The summed E-state index contributed by atoms with van der Waals surface area (Å²) < 4.78 is 28.9. The smallest absolute Gasteiger partial charge is 0.331 e. The molecule has 4 aliphatic carbocycles. The summed E-state index contributed by atoms with van der Waals surface area (Å²) in [5, 5.41) is 23.1. The van der Waals surface area contributed by atoms with Crippen LogP contribution in [0.3, 0.4) is 0 Å². The first-order chi connectivity index (χ1) is 19.4. The van der Waals surface area contributed by atoms with E-state index >= 15 is 0 Å². The van der Waals surface area contributed by atoms with Gasteiger partial charge in [0.2, 0.25) is 0 Å². The van der Waals surface area contributed by atoms with E-state index in [-0.39, 0.29) is 34.7 Å². The van der Waals surface area contributed by atoms with E-state index in [9.17, 15) is 19.8 Å². The van der Waals surface area contributed by atoms with Crippen LogP contribution in [0.15, 0.2) is 11.6 Å². The molecular formula is C32H48O9. The summed E-state index contributed by atoms with van der Waals surface area (Å²) in [7, 11) is 1.50. The van der Waals surface area contributed by atoms with Crippen molar-refractivity contribution in [2.75, 3.05) is 13.7 Å². The second kappa shape index (κ2) is 10.6. The molecule has 4 saturated carbocycles. The second-order valence-electron chi connectivity index (χ2n) is 14.3. The summed E-state index contributed by atoms with van der Waals surface area (Å²) in [6, 6.07) is 0. The number of fused-ring (bicyclic) bond motifs is 5. The minimum Gasteiger partial charge on any atom is -0.458 e. The second-order valence-corrected chi connectivity index (χ2v) is 14.3. The fourth-order valence-electron chi connectivity index (χ4n) is 10.4. The van der Waals surface area contributed by atoms with Crippen molar-refractivity contribution in [3.8, 4) is 0 Å². The normalized spacial score (nSPS) is 51.2. The summed E-state index contributed by atoms with van der Waals surface area (Å²) in [6.45, 7) is 8.19. The third kappa shape index (κ3) is 4.60. The van der Waals surface area contributed by atoms with Gasteiger partial charge in [0.05, 0.1) is 17.8 Å². The molecule has 1 saturated heterocycles. The van der Waals surface area contributed by atoms with Gasteiger partial charge < -0.3 is 33.9 Å². The van der Waals surface area contributed by atoms with Crippen LogP contribution >= 0.6 is 0 Å². The van der Waals surface area contributed by atoms with Crippen LogP contribution in [0.25, 0.3) is 0 Å². The first-order valence-electron chi connectivity index (χ1n) is 15.7. The van der Waals surface area contributed by atoms with E-state index in [0.29, 0.717) is 18.4 Å². The fourth-order valence-corrected chi connectivity index (χ4v) is 10.4. The number of carbonyl (C=O) groups excluding carboxylic acids is 2. The molecule has 0 aromatic rings. The van der Waals surface area contributed by atoms with Crippen molar-refractivity contribution in [3.05, 3.63) is 11.6 Å². The van der Waals surface area contributed by atoms with E-state index in [1.54, 1.807) is 13.0 Å². The lowest BCUT2D eigenvalue weighted by Gasteiger charge is -2.64. The molecule has 2 aliphatic heterocycles. The molecule has 0 radical (unpaired) electrons. The standard InChI is InChI=1S/C32H48O9/c1-17-26(35)27(37-5)28(40-18(2)33)29(39-17)41-21-8-11-30(3)20(15-21)6-7-24-23(30)9-12-31(4)22(10-13-32(24,31)36)19-14-25(34)38-16-19/h14,17,20-24,26-29,35-36H,6-13,15-16H2,1-5H3/t17-,20-,21+,22-,23+,24-,26+,27+,28-,29+,30+,31-,32+/m1/s1. The van der Waals surface area contributed by atoms with E-state index in [1.807, 2.05) is 0 Å². The molecule has 0 unspecified atom stereocenters. The Hall–Kier alpha value is -1.52. The number of carbonyl (C=O) groups is 2. The van der Waals surface area contributed by atoms with Crippen molar-refractivity contribution in [2.24, 2.45) is 34.5 Å². The highest BCUT2D eigenvalue weighted by atomic mass is 16.7. The van der Waals surface area contributed by atoms with Gasteiger partial charge in [-0.05, 0) is 99.4 Å². The lowest BCUT2D eigenvalue weighted by Crippen LogP contribution is -2.63. The number of cyclic esters (lactones) is 1. The number of methoxy groups -OCH3 is 1. The molecule has 9 nitrogen and oxygen atoms in total. The Kier molecular flexibility index (Phi) is 7.62. The predicted molar refractivity (Wildman–Crippen MR) is 147 cm³/mol. The average Bonchev–Trinajstić information content (AvgIpc) is 3.46. The Morgan fingerprint density at radius 3 is 2.51 bits per heavy atom. The molecule has 5 fully saturated rings. The third-order valence-electron chi connectivity index (χ3n) is 12.6. The van der Waals surface area contributed by atoms with Gasteiger partial charge in [-0.3, -0.25) is 4.79 Å². The van der Waals surface area contributed by atoms with Crippen LogP contribution in [-0.4, -0.2) is 78.3 Å². The highest BCUT2D eigenvalue weighted by Crippen LogP contribution is 2.70. The molecule has 13 atom stereocenters. The van der Waals surface area contributed by atoms with Crippen LogP contribution in [-0.2, 0) is 33.3 Å². The predicted octanol–water partition coefficient (Wildman–Crippen LogP) is 3.68. The number of hydrogen-bond donors (Lipinski definition) is 2. The highest BCUT2D eigenvalue weighted by Gasteiger charge is 2.67. The van der Waals surface area contributed by atoms with Crippen molar-refractivity contribution < 1.29 is 43.5 Å². The maximum atomic E-state index is 12.5. The van der Waals surface area contributed by atoms with Gasteiger partial charge in [0.25, 0.3) is 0 Å². The molecule has 9 heteroatoms. The van der Waals surface area contributed by atoms with E-state index in [1.165, 1.54) is 14.0 Å². The van der Waals surface area contributed by atoms with E-state index in [0.717, 1.165) is 63.4 Å². The van der Waals surface area contributed by atoms with E-state index in [4.69, 9.17) is 23.7 Å². The first kappa shape index (κ1) is 29.5. The molecule has 0 aromatic carbocycles. The zero-order valence-electron chi connectivity index (χ0n) is 25.2. The van der Waals surface area contributed by atoms with Crippen LogP contribution in [0.4, 0.5) is 0 Å². The molecule has 2 heterocycles. The number of esters is 2. The number of hydrogen-bond acceptors (Lipinski definition) is 9. The Morgan fingerprint density at radius 1 is 1.05 bits per heavy atom. The van der Waals surface area contributed by atoms with Crippen LogP contribution in [0.5, 0.6) is 0 Å². The van der Waals surface area contributed by atoms with Crippen LogP contribution in [0.2, 0.25) is 0 Å². The highest BCUT2D eigenvalue weighted by molar-refractivity contribution is 5.85. The number of ether oxygens (including phenoxy) is 5. The van der Waals surface area contributed by atoms with Crippen molar-refractivity contribution in [3.63, 3.8) is 0 Å². The fraction of sp³-hybridized carbons (Fsp3) is 0.875. The van der Waals surface area contributed by atoms with Gasteiger partial charge in [-0.15, -0.1) is 0 Å². The lowest BCUT2D eigenvalue weighted by molar-refractivity contribution is -0.315. The molecule has 41 heavy (non-hydrogen) atoms. The maximum Gasteiger partial charge on any atom is 0.331 e. The largest absolute Gasteiger partial charge is 0.458 e. The molecule has 230 valence electrons. The van der Waals surface area contributed by atoms with Crippen LogP contribution < -0.4 is 0 Å². The number of rotatable bonds is 5. The van der Waals surface area contributed by atoms with Gasteiger partial charge in [-0.1, -0.05) is 13.8 Å². The maximum absolute atomic E-state index is 12.5. The third-order valence-corrected chi connectivity index (χ3v) is 12.6. The molecule has 6 rings (SSSR count). The first-order valence-corrected chi connectivity index (χ1v) is 15.7. The molecule has 6 aliphatic rings. The van der Waals surface area contributed by atoms with Gasteiger partial charge in [0.15, 0.2) is 12.4 Å². The van der Waals surface area contributed by atoms with Crippen molar-refractivity contribution >= 4 is 11.9 Å². The van der Waals surface area contributed by atoms with Gasteiger partial charge in [0.1, 0.15) is 18.8 Å². The Balaban J connectivity index is 1.16. The van der Waals surface area contributed by atoms with Gasteiger partial charge >= 0.3 is 11.9 Å². The summed E-state index contributed by atoms with van der Waals surface area (Å²) >= 11 is 0. The minimum absolute atomic E-state index is 0.0488. The summed E-state index contributed by atoms with van der Waals surface area (Å²) in [4.78, 5) is 23.7. The molecule has 0 bridgehead atoms.